The van der Waals surface area contributed by atoms with Gasteiger partial charge < -0.3 is 14.6 Å². The maximum absolute atomic E-state index is 12.0. The van der Waals surface area contributed by atoms with Gasteiger partial charge in [-0.15, -0.1) is 0 Å². The summed E-state index contributed by atoms with van der Waals surface area (Å²) >= 11 is 0. The summed E-state index contributed by atoms with van der Waals surface area (Å²) in [5.41, 5.74) is 1.04. The molecule has 1 heterocycles. The van der Waals surface area contributed by atoms with Crippen molar-refractivity contribution in [1.82, 2.24) is 4.90 Å². The fourth-order valence-corrected chi connectivity index (χ4v) is 2.06. The zero-order valence-corrected chi connectivity index (χ0v) is 12.8. The molecule has 0 aliphatic heterocycles. The van der Waals surface area contributed by atoms with Crippen LogP contribution in [0.2, 0.25) is 0 Å². The van der Waals surface area contributed by atoms with Crippen molar-refractivity contribution in [1.29, 1.82) is 5.26 Å². The zero-order valence-electron chi connectivity index (χ0n) is 12.8. The lowest BCUT2D eigenvalue weighted by Gasteiger charge is -2.19. The maximum Gasteiger partial charge on any atom is 0.226 e. The van der Waals surface area contributed by atoms with Gasteiger partial charge in [0.05, 0.1) is 24.4 Å². The first-order valence-electron chi connectivity index (χ1n) is 7.16. The molecule has 118 valence electrons. The van der Waals surface area contributed by atoms with Gasteiger partial charge in [-0.2, -0.15) is 5.26 Å². The first-order chi connectivity index (χ1) is 11.1. The highest BCUT2D eigenvalue weighted by molar-refractivity contribution is 5.91. The van der Waals surface area contributed by atoms with E-state index in [1.165, 1.54) is 6.92 Å². The molecule has 0 unspecified atom stereocenters. The van der Waals surface area contributed by atoms with Crippen molar-refractivity contribution in [3.63, 3.8) is 0 Å². The smallest absolute Gasteiger partial charge is 0.226 e. The molecule has 2 rings (SSSR count). The molecule has 0 radical (unpaired) electrons. The minimum absolute atomic E-state index is 0.124. The molecule has 1 aromatic carbocycles. The number of nitriles is 1. The summed E-state index contributed by atoms with van der Waals surface area (Å²) in [6, 6.07) is 12.2. The number of hydrogen-bond acceptors (Lipinski definition) is 4. The fourth-order valence-electron chi connectivity index (χ4n) is 2.06. The summed E-state index contributed by atoms with van der Waals surface area (Å²) < 4.78 is 5.22. The van der Waals surface area contributed by atoms with Crippen LogP contribution in [0.1, 0.15) is 24.7 Å². The quantitative estimate of drug-likeness (QED) is 0.888. The third kappa shape index (κ3) is 5.00. The van der Waals surface area contributed by atoms with Crippen molar-refractivity contribution in [3.8, 4) is 6.07 Å². The summed E-state index contributed by atoms with van der Waals surface area (Å²) in [7, 11) is 0. The minimum atomic E-state index is -0.217. The summed E-state index contributed by atoms with van der Waals surface area (Å²) in [6.45, 7) is 2.08. The van der Waals surface area contributed by atoms with Crippen molar-refractivity contribution >= 4 is 17.5 Å². The van der Waals surface area contributed by atoms with Gasteiger partial charge in [0.1, 0.15) is 5.76 Å². The second-order valence-electron chi connectivity index (χ2n) is 5.01. The molecule has 2 amide bonds. The Labute approximate surface area is 134 Å². The Morgan fingerprint density at radius 2 is 2.13 bits per heavy atom. The molecule has 1 N–H and O–H groups in total. The Morgan fingerprint density at radius 3 is 2.78 bits per heavy atom. The van der Waals surface area contributed by atoms with Crippen LogP contribution in [0.4, 0.5) is 5.69 Å². The Balaban J connectivity index is 1.88. The number of nitrogens with zero attached hydrogens (tertiary/aromatic N) is 2. The Kier molecular flexibility index (Phi) is 5.53. The molecule has 0 saturated heterocycles. The number of hydrogen-bond donors (Lipinski definition) is 1. The highest BCUT2D eigenvalue weighted by Gasteiger charge is 2.13. The molecule has 0 fully saturated rings. The van der Waals surface area contributed by atoms with Gasteiger partial charge >= 0.3 is 0 Å². The molecule has 0 aliphatic rings. The molecule has 0 aliphatic carbocycles. The number of amides is 2. The monoisotopic (exact) mass is 311 g/mol. The number of carbonyl (C=O) groups excluding carboxylic acids is 2. The van der Waals surface area contributed by atoms with Gasteiger partial charge in [0.25, 0.3) is 0 Å². The lowest BCUT2D eigenvalue weighted by atomic mass is 10.2. The van der Waals surface area contributed by atoms with Gasteiger partial charge in [0.2, 0.25) is 11.8 Å². The van der Waals surface area contributed by atoms with Crippen molar-refractivity contribution in [2.24, 2.45) is 0 Å². The first kappa shape index (κ1) is 16.3. The van der Waals surface area contributed by atoms with Crippen LogP contribution in [0.25, 0.3) is 0 Å². The van der Waals surface area contributed by atoms with Crippen LogP contribution in [-0.4, -0.2) is 23.3 Å². The van der Waals surface area contributed by atoms with Crippen LogP contribution in [-0.2, 0) is 16.1 Å². The van der Waals surface area contributed by atoms with E-state index in [0.29, 0.717) is 30.1 Å². The van der Waals surface area contributed by atoms with E-state index in [9.17, 15) is 9.59 Å². The predicted octanol–water partition coefficient (Wildman–Crippen LogP) is 2.53. The average molecular weight is 311 g/mol. The second kappa shape index (κ2) is 7.80. The number of carbonyl (C=O) groups is 2. The normalized spacial score (nSPS) is 9.91. The minimum Gasteiger partial charge on any atom is -0.467 e. The van der Waals surface area contributed by atoms with Gasteiger partial charge in [-0.25, -0.2) is 0 Å². The van der Waals surface area contributed by atoms with E-state index in [4.69, 9.17) is 9.68 Å². The van der Waals surface area contributed by atoms with Crippen LogP contribution < -0.4 is 5.32 Å². The molecule has 2 aromatic rings. The molecule has 0 spiro atoms. The van der Waals surface area contributed by atoms with E-state index in [1.54, 1.807) is 47.6 Å². The third-order valence-corrected chi connectivity index (χ3v) is 3.26. The highest BCUT2D eigenvalue weighted by Crippen LogP contribution is 2.11. The summed E-state index contributed by atoms with van der Waals surface area (Å²) in [5, 5.41) is 11.6. The largest absolute Gasteiger partial charge is 0.467 e. The number of furan rings is 1. The number of anilines is 1. The summed E-state index contributed by atoms with van der Waals surface area (Å²) in [6.07, 6.45) is 1.71. The van der Waals surface area contributed by atoms with E-state index in [1.807, 2.05) is 6.07 Å². The Hall–Kier alpha value is -3.07. The van der Waals surface area contributed by atoms with Gasteiger partial charge in [-0.3, -0.25) is 9.59 Å². The Morgan fingerprint density at radius 1 is 1.30 bits per heavy atom. The van der Waals surface area contributed by atoms with Crippen molar-refractivity contribution < 1.29 is 14.0 Å². The van der Waals surface area contributed by atoms with Gasteiger partial charge in [0.15, 0.2) is 0 Å². The lowest BCUT2D eigenvalue weighted by molar-refractivity contribution is -0.130. The summed E-state index contributed by atoms with van der Waals surface area (Å²) in [4.78, 5) is 25.2. The third-order valence-electron chi connectivity index (χ3n) is 3.26. The highest BCUT2D eigenvalue weighted by atomic mass is 16.3. The predicted molar refractivity (Wildman–Crippen MR) is 84.2 cm³/mol. The molecular weight excluding hydrogens is 294 g/mol. The first-order valence-corrected chi connectivity index (χ1v) is 7.16. The van der Waals surface area contributed by atoms with E-state index in [-0.39, 0.29) is 18.2 Å². The van der Waals surface area contributed by atoms with Crippen LogP contribution in [0, 0.1) is 11.3 Å². The molecule has 0 atom stereocenters. The van der Waals surface area contributed by atoms with Crippen LogP contribution in [0.5, 0.6) is 0 Å². The maximum atomic E-state index is 12.0. The van der Waals surface area contributed by atoms with Gasteiger partial charge in [0, 0.05) is 25.6 Å². The number of benzene rings is 1. The molecule has 0 bridgehead atoms. The van der Waals surface area contributed by atoms with E-state index in [2.05, 4.69) is 5.32 Å². The average Bonchev–Trinajstić information content (AvgIpc) is 3.04. The van der Waals surface area contributed by atoms with Crippen molar-refractivity contribution in [3.05, 3.63) is 54.0 Å². The van der Waals surface area contributed by atoms with Gasteiger partial charge in [-0.1, -0.05) is 6.07 Å². The molecule has 23 heavy (non-hydrogen) atoms. The molecule has 1 aromatic heterocycles. The molecule has 6 nitrogen and oxygen atoms in total. The lowest BCUT2D eigenvalue weighted by Crippen LogP contribution is -2.31. The van der Waals surface area contributed by atoms with E-state index in [0.717, 1.165) is 0 Å². The van der Waals surface area contributed by atoms with E-state index < -0.39 is 0 Å². The van der Waals surface area contributed by atoms with Crippen LogP contribution >= 0.6 is 0 Å². The second-order valence-corrected chi connectivity index (χ2v) is 5.01. The SMILES string of the molecule is CC(=O)N(CCC(=O)Nc1cccc(C#N)c1)Cc1ccco1. The molecule has 6 heteroatoms. The number of nitrogens with one attached hydrogen (secondary N) is 1. The van der Waals surface area contributed by atoms with Gasteiger partial charge in [-0.05, 0) is 30.3 Å². The van der Waals surface area contributed by atoms with E-state index >= 15 is 0 Å². The van der Waals surface area contributed by atoms with Crippen LogP contribution in [0.3, 0.4) is 0 Å². The zero-order chi connectivity index (χ0) is 16.7. The van der Waals surface area contributed by atoms with Crippen molar-refractivity contribution in [2.45, 2.75) is 19.9 Å². The topological polar surface area (TPSA) is 86.3 Å². The summed E-state index contributed by atoms with van der Waals surface area (Å²) in [5.74, 6) is 0.328. The van der Waals surface area contributed by atoms with Crippen molar-refractivity contribution in [2.75, 3.05) is 11.9 Å². The molecule has 0 saturated carbocycles. The standard InChI is InChI=1S/C17H17N3O3/c1-13(21)20(12-16-6-3-9-23-16)8-7-17(22)19-15-5-2-4-14(10-15)11-18/h2-6,9-10H,7-8,12H2,1H3,(H,19,22). The van der Waals surface area contributed by atoms with Crippen LogP contribution in [0.15, 0.2) is 47.1 Å². The fraction of sp³-hybridized carbons (Fsp3) is 0.235. The number of rotatable bonds is 6. The Bertz CT molecular complexity index is 717. The molecular formula is C17H17N3O3.